The van der Waals surface area contributed by atoms with Gasteiger partial charge < -0.3 is 21.2 Å². The molecule has 6 heteroatoms. The maximum atomic E-state index is 10.7. The number of aliphatic carboxylic acids is 1. The number of para-hydroxylation sites is 1. The van der Waals surface area contributed by atoms with Crippen LogP contribution in [0.1, 0.15) is 11.7 Å². The summed E-state index contributed by atoms with van der Waals surface area (Å²) in [6, 6.07) is 5.35. The Bertz CT molecular complexity index is 564. The van der Waals surface area contributed by atoms with E-state index < -0.39 is 18.1 Å². The van der Waals surface area contributed by atoms with Gasteiger partial charge in [-0.1, -0.05) is 18.2 Å². The van der Waals surface area contributed by atoms with Gasteiger partial charge in [0.15, 0.2) is 0 Å². The van der Waals surface area contributed by atoms with E-state index in [1.807, 2.05) is 0 Å². The fourth-order valence-corrected chi connectivity index (χ4v) is 1.75. The van der Waals surface area contributed by atoms with Crippen molar-refractivity contribution >= 4 is 16.9 Å². The molecule has 0 saturated carbocycles. The molecule has 6 nitrogen and oxygen atoms in total. The lowest BCUT2D eigenvalue weighted by atomic mass is 10.0. The Morgan fingerprint density at radius 1 is 1.35 bits per heavy atom. The van der Waals surface area contributed by atoms with Crippen LogP contribution >= 0.6 is 0 Å². The summed E-state index contributed by atoms with van der Waals surface area (Å²) in [6.07, 6.45) is -0.108. The molecular weight excluding hydrogens is 224 g/mol. The molecule has 0 aliphatic rings. The Morgan fingerprint density at radius 3 is 2.65 bits per heavy atom. The van der Waals surface area contributed by atoms with Gasteiger partial charge in [0, 0.05) is 10.9 Å². The van der Waals surface area contributed by atoms with E-state index >= 15 is 0 Å². The number of carboxylic acids is 1. The van der Waals surface area contributed by atoms with Crippen LogP contribution in [0.4, 0.5) is 0 Å². The number of nitrogens with zero attached hydrogens (tertiary/aromatic N) is 1. The maximum Gasteiger partial charge on any atom is 0.323 e. The fraction of sp³-hybridized carbons (Fsp3) is 0.182. The second kappa shape index (κ2) is 4.08. The van der Waals surface area contributed by atoms with Gasteiger partial charge in [0.1, 0.15) is 12.1 Å². The number of fused-ring (bicyclic) bond motifs is 1. The van der Waals surface area contributed by atoms with Gasteiger partial charge >= 0.3 is 5.97 Å². The number of aliphatic hydroxyl groups excluding tert-OH is 1. The first-order valence-corrected chi connectivity index (χ1v) is 4.98. The van der Waals surface area contributed by atoms with Crippen LogP contribution in [0.25, 0.3) is 10.9 Å². The highest BCUT2D eigenvalue weighted by Gasteiger charge is 2.26. The number of hydrogen-bond donors (Lipinski definition) is 4. The van der Waals surface area contributed by atoms with E-state index in [0.717, 1.165) is 4.73 Å². The minimum Gasteiger partial charge on any atom is -0.480 e. The summed E-state index contributed by atoms with van der Waals surface area (Å²) in [5.74, 6) is -1.30. The Kier molecular flexibility index (Phi) is 2.74. The van der Waals surface area contributed by atoms with Crippen LogP contribution in [-0.4, -0.2) is 32.2 Å². The second-order valence-electron chi connectivity index (χ2n) is 3.76. The second-order valence-corrected chi connectivity index (χ2v) is 3.76. The molecule has 1 aromatic heterocycles. The summed E-state index contributed by atoms with van der Waals surface area (Å²) in [6.45, 7) is 0. The average molecular weight is 236 g/mol. The zero-order valence-corrected chi connectivity index (χ0v) is 8.82. The summed E-state index contributed by atoms with van der Waals surface area (Å²) in [5.41, 5.74) is 6.13. The largest absolute Gasteiger partial charge is 0.480 e. The van der Waals surface area contributed by atoms with Crippen molar-refractivity contribution in [3.63, 3.8) is 0 Å². The van der Waals surface area contributed by atoms with Crippen molar-refractivity contribution in [2.24, 2.45) is 5.73 Å². The standard InChI is InChI=1S/C11H12N2O4/c12-9(11(15)16)10(14)7-5-13(17)8-4-2-1-3-6(7)8/h1-5,9-10,14,17H,12H2,(H,15,16). The Balaban J connectivity index is 2.52. The highest BCUT2D eigenvalue weighted by Crippen LogP contribution is 2.27. The van der Waals surface area contributed by atoms with Crippen LogP contribution in [0, 0.1) is 0 Å². The minimum absolute atomic E-state index is 0.290. The molecule has 2 unspecified atom stereocenters. The zero-order valence-electron chi connectivity index (χ0n) is 8.82. The van der Waals surface area contributed by atoms with Crippen LogP contribution in [0.5, 0.6) is 0 Å². The number of aliphatic hydroxyl groups is 1. The van der Waals surface area contributed by atoms with Crippen molar-refractivity contribution < 1.29 is 20.2 Å². The van der Waals surface area contributed by atoms with Gasteiger partial charge in [-0.2, -0.15) is 4.73 Å². The molecule has 2 rings (SSSR count). The van der Waals surface area contributed by atoms with E-state index in [-0.39, 0.29) is 5.56 Å². The van der Waals surface area contributed by atoms with E-state index in [2.05, 4.69) is 0 Å². The van der Waals surface area contributed by atoms with E-state index in [0.29, 0.717) is 10.9 Å². The van der Waals surface area contributed by atoms with Gasteiger partial charge in [-0.15, -0.1) is 0 Å². The van der Waals surface area contributed by atoms with Crippen molar-refractivity contribution in [1.29, 1.82) is 0 Å². The van der Waals surface area contributed by atoms with Crippen LogP contribution in [0.3, 0.4) is 0 Å². The molecule has 1 heterocycles. The van der Waals surface area contributed by atoms with Gasteiger partial charge in [-0.3, -0.25) is 4.79 Å². The molecule has 0 amide bonds. The summed E-state index contributed by atoms with van der Waals surface area (Å²) in [5, 5.41) is 28.7. The molecule has 0 aliphatic carbocycles. The number of nitrogens with two attached hydrogens (primary N) is 1. The molecule has 0 bridgehead atoms. The maximum absolute atomic E-state index is 10.7. The van der Waals surface area contributed by atoms with Gasteiger partial charge in [-0.05, 0) is 6.07 Å². The quantitative estimate of drug-likeness (QED) is 0.574. The van der Waals surface area contributed by atoms with E-state index in [1.165, 1.54) is 6.20 Å². The molecule has 0 aliphatic heterocycles. The number of benzene rings is 1. The topological polar surface area (TPSA) is 109 Å². The Morgan fingerprint density at radius 2 is 2.00 bits per heavy atom. The molecule has 5 N–H and O–H groups in total. The lowest BCUT2D eigenvalue weighted by molar-refractivity contribution is -0.141. The molecule has 90 valence electrons. The average Bonchev–Trinajstić information content (AvgIpc) is 2.65. The molecule has 0 radical (unpaired) electrons. The number of hydrogen-bond acceptors (Lipinski definition) is 4. The first-order chi connectivity index (χ1) is 8.02. The van der Waals surface area contributed by atoms with Crippen LogP contribution in [-0.2, 0) is 4.79 Å². The smallest absolute Gasteiger partial charge is 0.323 e. The van der Waals surface area contributed by atoms with E-state index in [1.54, 1.807) is 24.3 Å². The third-order valence-corrected chi connectivity index (χ3v) is 2.67. The number of rotatable bonds is 3. The highest BCUT2D eigenvalue weighted by molar-refractivity contribution is 5.85. The molecule has 0 saturated heterocycles. The van der Waals surface area contributed by atoms with Gasteiger partial charge in [0.25, 0.3) is 0 Å². The molecule has 17 heavy (non-hydrogen) atoms. The number of carboxylic acid groups (broad SMARTS) is 1. The third kappa shape index (κ3) is 1.83. The number of aromatic nitrogens is 1. The summed E-state index contributed by atoms with van der Waals surface area (Å²) in [4.78, 5) is 10.7. The summed E-state index contributed by atoms with van der Waals surface area (Å²) < 4.78 is 0.836. The SMILES string of the molecule is NC(C(=O)O)C(O)c1cn(O)c2ccccc12. The Hall–Kier alpha value is -2.05. The van der Waals surface area contributed by atoms with Crippen molar-refractivity contribution in [3.8, 4) is 0 Å². The lowest BCUT2D eigenvalue weighted by Gasteiger charge is -2.13. The highest BCUT2D eigenvalue weighted by atomic mass is 16.5. The third-order valence-electron chi connectivity index (χ3n) is 2.67. The zero-order chi connectivity index (χ0) is 12.6. The molecule has 2 atom stereocenters. The Labute approximate surface area is 96.5 Å². The first-order valence-electron chi connectivity index (χ1n) is 4.98. The molecule has 0 spiro atoms. The van der Waals surface area contributed by atoms with Gasteiger partial charge in [-0.25, -0.2) is 0 Å². The van der Waals surface area contributed by atoms with E-state index in [4.69, 9.17) is 10.8 Å². The fourth-order valence-electron chi connectivity index (χ4n) is 1.75. The predicted octanol–water partition coefficient (Wildman–Crippen LogP) is 0.324. The number of carbonyl (C=O) groups is 1. The summed E-state index contributed by atoms with van der Waals surface area (Å²) in [7, 11) is 0. The van der Waals surface area contributed by atoms with Gasteiger partial charge in [0.05, 0.1) is 11.7 Å². The van der Waals surface area contributed by atoms with Crippen molar-refractivity contribution in [2.45, 2.75) is 12.1 Å². The monoisotopic (exact) mass is 236 g/mol. The van der Waals surface area contributed by atoms with Gasteiger partial charge in [0.2, 0.25) is 0 Å². The van der Waals surface area contributed by atoms with Crippen molar-refractivity contribution in [1.82, 2.24) is 4.73 Å². The minimum atomic E-state index is -1.43. The van der Waals surface area contributed by atoms with Crippen LogP contribution in [0.2, 0.25) is 0 Å². The molecular formula is C11H12N2O4. The van der Waals surface area contributed by atoms with Crippen LogP contribution in [0.15, 0.2) is 30.5 Å². The van der Waals surface area contributed by atoms with Crippen LogP contribution < -0.4 is 5.73 Å². The van der Waals surface area contributed by atoms with Crippen molar-refractivity contribution in [3.05, 3.63) is 36.0 Å². The summed E-state index contributed by atoms with van der Waals surface area (Å²) >= 11 is 0. The van der Waals surface area contributed by atoms with Crippen molar-refractivity contribution in [2.75, 3.05) is 0 Å². The predicted molar refractivity (Wildman–Crippen MR) is 59.7 cm³/mol. The molecule has 2 aromatic rings. The normalized spacial score (nSPS) is 14.7. The molecule has 1 aromatic carbocycles. The first kappa shape index (κ1) is 11.4. The lowest BCUT2D eigenvalue weighted by Crippen LogP contribution is -2.36. The van der Waals surface area contributed by atoms with E-state index in [9.17, 15) is 15.1 Å². The molecule has 0 fully saturated rings.